The van der Waals surface area contributed by atoms with Crippen LogP contribution < -0.4 is 5.32 Å². The lowest BCUT2D eigenvalue weighted by Gasteiger charge is -2.16. The third-order valence-electron chi connectivity index (χ3n) is 4.11. The van der Waals surface area contributed by atoms with Crippen LogP contribution in [0.3, 0.4) is 0 Å². The third-order valence-corrected chi connectivity index (χ3v) is 4.87. The first-order valence-corrected chi connectivity index (χ1v) is 8.58. The van der Waals surface area contributed by atoms with Crippen LogP contribution in [0.1, 0.15) is 16.9 Å². The molecule has 3 aromatic rings. The maximum Gasteiger partial charge on any atom is 0.372 e. The molecule has 0 saturated carbocycles. The summed E-state index contributed by atoms with van der Waals surface area (Å²) in [6, 6.07) is 5.12. The molecule has 0 spiro atoms. The van der Waals surface area contributed by atoms with Crippen molar-refractivity contribution in [3.8, 4) is 0 Å². The molecule has 4 rings (SSSR count). The summed E-state index contributed by atoms with van der Waals surface area (Å²) in [7, 11) is 0. The fraction of sp³-hybridized carbons (Fsp3) is 0.267. The molecule has 10 heteroatoms. The fourth-order valence-corrected chi connectivity index (χ4v) is 3.66. The zero-order chi connectivity index (χ0) is 17.4. The molecule has 0 bridgehead atoms. The highest BCUT2D eigenvalue weighted by atomic mass is 32.1. The second-order valence-electron chi connectivity index (χ2n) is 5.69. The van der Waals surface area contributed by atoms with Gasteiger partial charge in [-0.3, -0.25) is 9.78 Å². The number of carbonyl (C=O) groups excluding carboxylic acids is 1. The number of aromatic nitrogens is 3. The van der Waals surface area contributed by atoms with Crippen LogP contribution in [0.5, 0.6) is 0 Å². The fourth-order valence-electron chi connectivity index (χ4n) is 2.95. The van der Waals surface area contributed by atoms with E-state index in [9.17, 15) is 14.9 Å². The van der Waals surface area contributed by atoms with E-state index in [2.05, 4.69) is 15.3 Å². The normalized spacial score (nSPS) is 17.1. The van der Waals surface area contributed by atoms with Gasteiger partial charge in [-0.15, -0.1) is 0 Å². The molecule has 1 N–H and O–H groups in total. The number of pyridine rings is 1. The molecule has 4 heterocycles. The first-order valence-electron chi connectivity index (χ1n) is 7.70. The number of thiazole rings is 1. The number of hydrogen-bond acceptors (Lipinski definition) is 7. The van der Waals surface area contributed by atoms with Crippen LogP contribution >= 0.6 is 11.3 Å². The Morgan fingerprint density at radius 3 is 3.08 bits per heavy atom. The van der Waals surface area contributed by atoms with Crippen molar-refractivity contribution in [2.75, 3.05) is 18.4 Å². The Kier molecular flexibility index (Phi) is 3.80. The second-order valence-corrected chi connectivity index (χ2v) is 6.57. The number of nitrogens with one attached hydrogen (secondary N) is 1. The summed E-state index contributed by atoms with van der Waals surface area (Å²) in [5, 5.41) is 16.2. The van der Waals surface area contributed by atoms with Crippen LogP contribution in [0.2, 0.25) is 0 Å². The largest absolute Gasteiger partial charge is 0.372 e. The van der Waals surface area contributed by atoms with Crippen molar-refractivity contribution in [3.63, 3.8) is 0 Å². The van der Waals surface area contributed by atoms with Gasteiger partial charge in [0.1, 0.15) is 11.9 Å². The topological polar surface area (TPSA) is 106 Å². The Morgan fingerprint density at radius 1 is 1.44 bits per heavy atom. The molecule has 25 heavy (non-hydrogen) atoms. The minimum Gasteiger partial charge on any atom is -0.358 e. The number of amides is 1. The first-order chi connectivity index (χ1) is 12.1. The lowest BCUT2D eigenvalue weighted by molar-refractivity contribution is -0.389. The number of imidazole rings is 1. The van der Waals surface area contributed by atoms with Crippen molar-refractivity contribution >= 4 is 33.8 Å². The Hall–Kier alpha value is -3.01. The quantitative estimate of drug-likeness (QED) is 0.565. The molecule has 1 saturated heterocycles. The molecule has 128 valence electrons. The van der Waals surface area contributed by atoms with Gasteiger partial charge >= 0.3 is 5.82 Å². The number of nitrogens with zero attached hydrogens (tertiary/aromatic N) is 5. The molecule has 0 aromatic carbocycles. The predicted molar refractivity (Wildman–Crippen MR) is 91.9 cm³/mol. The third kappa shape index (κ3) is 2.80. The smallest absolute Gasteiger partial charge is 0.358 e. The van der Waals surface area contributed by atoms with Gasteiger partial charge in [0.15, 0.2) is 0 Å². The van der Waals surface area contributed by atoms with Gasteiger partial charge < -0.3 is 20.3 Å². The van der Waals surface area contributed by atoms with Gasteiger partial charge in [0.05, 0.1) is 0 Å². The van der Waals surface area contributed by atoms with Crippen molar-refractivity contribution in [1.82, 2.24) is 19.3 Å². The maximum absolute atomic E-state index is 12.4. The summed E-state index contributed by atoms with van der Waals surface area (Å²) in [4.78, 5) is 34.0. The lowest BCUT2D eigenvalue weighted by Crippen LogP contribution is -2.32. The van der Waals surface area contributed by atoms with Gasteiger partial charge in [-0.1, -0.05) is 17.4 Å². The molecule has 1 atom stereocenters. The zero-order valence-electron chi connectivity index (χ0n) is 13.0. The van der Waals surface area contributed by atoms with Gasteiger partial charge in [-0.05, 0) is 23.5 Å². The summed E-state index contributed by atoms with van der Waals surface area (Å²) in [5.74, 6) is 0.0324. The van der Waals surface area contributed by atoms with E-state index in [1.165, 1.54) is 15.7 Å². The average molecular weight is 358 g/mol. The number of hydrogen-bond donors (Lipinski definition) is 1. The van der Waals surface area contributed by atoms with E-state index >= 15 is 0 Å². The molecule has 1 amide bonds. The average Bonchev–Trinajstić information content (AvgIpc) is 3.30. The number of likely N-dealkylation sites (tertiary alicyclic amines) is 1. The van der Waals surface area contributed by atoms with Gasteiger partial charge in [0.25, 0.3) is 10.9 Å². The zero-order valence-corrected chi connectivity index (χ0v) is 13.8. The van der Waals surface area contributed by atoms with E-state index in [-0.39, 0.29) is 23.6 Å². The molecule has 3 aromatic heterocycles. The van der Waals surface area contributed by atoms with Gasteiger partial charge in [-0.25, -0.2) is 0 Å². The number of anilines is 1. The van der Waals surface area contributed by atoms with Crippen molar-refractivity contribution in [2.24, 2.45) is 0 Å². The Bertz CT molecular complexity index is 937. The van der Waals surface area contributed by atoms with Crippen LogP contribution in [0.15, 0.2) is 36.0 Å². The summed E-state index contributed by atoms with van der Waals surface area (Å²) < 4.78 is 1.46. The number of carbonyl (C=O) groups is 1. The van der Waals surface area contributed by atoms with E-state index in [1.54, 1.807) is 40.9 Å². The van der Waals surface area contributed by atoms with E-state index in [0.717, 1.165) is 0 Å². The van der Waals surface area contributed by atoms with E-state index < -0.39 is 4.92 Å². The molecule has 0 aliphatic carbocycles. The SMILES string of the molecule is O=C(c1ccccn1)N1CCC(Nc2nc3sccn3c2[N+](=O)[O-])C1. The summed E-state index contributed by atoms with van der Waals surface area (Å²) in [6.07, 6.45) is 3.91. The van der Waals surface area contributed by atoms with Crippen LogP contribution in [0.25, 0.3) is 4.96 Å². The molecule has 1 aliphatic heterocycles. The molecule has 9 nitrogen and oxygen atoms in total. The van der Waals surface area contributed by atoms with Crippen molar-refractivity contribution in [2.45, 2.75) is 12.5 Å². The lowest BCUT2D eigenvalue weighted by atomic mass is 10.2. The minimum atomic E-state index is -0.444. The van der Waals surface area contributed by atoms with Crippen LogP contribution in [0, 0.1) is 10.1 Å². The highest BCUT2D eigenvalue weighted by molar-refractivity contribution is 7.15. The molecular weight excluding hydrogens is 344 g/mol. The summed E-state index contributed by atoms with van der Waals surface area (Å²) in [6.45, 7) is 1.03. The second kappa shape index (κ2) is 6.13. The summed E-state index contributed by atoms with van der Waals surface area (Å²) in [5.41, 5.74) is 0.400. The molecular formula is C15H14N6O3S. The van der Waals surface area contributed by atoms with Crippen molar-refractivity contribution in [3.05, 3.63) is 51.8 Å². The van der Waals surface area contributed by atoms with E-state index in [4.69, 9.17) is 0 Å². The maximum atomic E-state index is 12.4. The minimum absolute atomic E-state index is 0.0780. The first kappa shape index (κ1) is 15.5. The number of rotatable bonds is 4. The molecule has 1 aliphatic rings. The standard InChI is InChI=1S/C15H14N6O3S/c22-14(11-3-1-2-5-16-11)19-6-4-10(9-19)17-12-13(21(23)24)20-7-8-25-15(20)18-12/h1-3,5,7-8,10,17H,4,6,9H2. The van der Waals surface area contributed by atoms with Gasteiger partial charge in [-0.2, -0.15) is 9.38 Å². The summed E-state index contributed by atoms with van der Waals surface area (Å²) >= 11 is 1.33. The van der Waals surface area contributed by atoms with E-state index in [1.807, 2.05) is 0 Å². The van der Waals surface area contributed by atoms with Crippen molar-refractivity contribution in [1.29, 1.82) is 0 Å². The number of fused-ring (bicyclic) bond motifs is 1. The van der Waals surface area contributed by atoms with Crippen LogP contribution in [-0.4, -0.2) is 49.2 Å². The Labute approximate surface area is 146 Å². The number of nitro groups is 1. The Morgan fingerprint density at radius 2 is 2.32 bits per heavy atom. The molecule has 1 fully saturated rings. The van der Waals surface area contributed by atoms with Crippen molar-refractivity contribution < 1.29 is 9.72 Å². The predicted octanol–water partition coefficient (Wildman–Crippen LogP) is 2.03. The highest BCUT2D eigenvalue weighted by Crippen LogP contribution is 2.29. The van der Waals surface area contributed by atoms with E-state index in [0.29, 0.717) is 30.2 Å². The van der Waals surface area contributed by atoms with Gasteiger partial charge in [0.2, 0.25) is 5.82 Å². The monoisotopic (exact) mass is 358 g/mol. The Balaban J connectivity index is 1.50. The van der Waals surface area contributed by atoms with Gasteiger partial charge in [0, 0.05) is 30.7 Å². The highest BCUT2D eigenvalue weighted by Gasteiger charge is 2.31. The molecule has 0 radical (unpaired) electrons. The molecule has 1 unspecified atom stereocenters. The van der Waals surface area contributed by atoms with Crippen LogP contribution in [0.4, 0.5) is 11.6 Å². The van der Waals surface area contributed by atoms with Crippen LogP contribution in [-0.2, 0) is 0 Å².